The predicted molar refractivity (Wildman–Crippen MR) is 81.2 cm³/mol. The fourth-order valence-corrected chi connectivity index (χ4v) is 2.79. The number of imidazole rings is 1. The molecular weight excluding hydrogens is 270 g/mol. The Labute approximate surface area is 121 Å². The van der Waals surface area contributed by atoms with Crippen LogP contribution in [-0.2, 0) is 6.54 Å². The van der Waals surface area contributed by atoms with Gasteiger partial charge in [-0.15, -0.1) is 0 Å². The molecule has 0 aliphatic rings. The molecule has 0 bridgehead atoms. The zero-order valence-corrected chi connectivity index (χ0v) is 11.5. The Morgan fingerprint density at radius 1 is 1.00 bits per heavy atom. The summed E-state index contributed by atoms with van der Waals surface area (Å²) in [6.45, 7) is 0.742. The summed E-state index contributed by atoms with van der Waals surface area (Å²) in [5, 5.41) is 1.87. The Kier molecular flexibility index (Phi) is 2.54. The number of rotatable bonds is 2. The number of benzene rings is 1. The lowest BCUT2D eigenvalue weighted by Gasteiger charge is -2.02. The van der Waals surface area contributed by atoms with Gasteiger partial charge in [-0.25, -0.2) is 4.98 Å². The van der Waals surface area contributed by atoms with E-state index >= 15 is 0 Å². The molecule has 4 aromatic rings. The van der Waals surface area contributed by atoms with Crippen molar-refractivity contribution >= 4 is 28.2 Å². The number of hydrogen-bond donors (Lipinski definition) is 0. The molecule has 0 unspecified atom stereocenters. The van der Waals surface area contributed by atoms with Crippen LogP contribution in [0.5, 0.6) is 0 Å². The fraction of sp³-hybridized carbons (Fsp3) is 0.0625. The van der Waals surface area contributed by atoms with E-state index in [1.807, 2.05) is 47.0 Å². The van der Waals surface area contributed by atoms with Crippen LogP contribution in [0.1, 0.15) is 5.69 Å². The van der Waals surface area contributed by atoms with Gasteiger partial charge in [0.15, 0.2) is 0 Å². The normalized spacial score (nSPS) is 11.4. The van der Waals surface area contributed by atoms with Crippen LogP contribution in [0, 0.1) is 0 Å². The smallest absolute Gasteiger partial charge is 0.137 e. The monoisotopic (exact) mass is 281 g/mol. The maximum atomic E-state index is 6.20. The van der Waals surface area contributed by atoms with Crippen molar-refractivity contribution in [1.82, 2.24) is 14.0 Å². The fourth-order valence-electron chi connectivity index (χ4n) is 2.56. The summed E-state index contributed by atoms with van der Waals surface area (Å²) in [4.78, 5) is 4.63. The minimum atomic E-state index is 0.742. The minimum Gasteiger partial charge on any atom is -0.341 e. The summed E-state index contributed by atoms with van der Waals surface area (Å²) in [5.41, 5.74) is 3.14. The average molecular weight is 282 g/mol. The zero-order valence-electron chi connectivity index (χ0n) is 10.7. The first-order chi connectivity index (χ1) is 9.81. The van der Waals surface area contributed by atoms with Crippen molar-refractivity contribution in [1.29, 1.82) is 0 Å². The van der Waals surface area contributed by atoms with Gasteiger partial charge in [-0.1, -0.05) is 23.7 Å². The van der Waals surface area contributed by atoms with Gasteiger partial charge in [0.05, 0.1) is 12.2 Å². The largest absolute Gasteiger partial charge is 0.341 e. The predicted octanol–water partition coefficient (Wildman–Crippen LogP) is 3.99. The summed E-state index contributed by atoms with van der Waals surface area (Å²) >= 11 is 6.20. The summed E-state index contributed by atoms with van der Waals surface area (Å²) in [6, 6.07) is 14.0. The van der Waals surface area contributed by atoms with E-state index in [2.05, 4.69) is 28.0 Å². The number of fused-ring (bicyclic) bond motifs is 2. The van der Waals surface area contributed by atoms with Crippen LogP contribution in [0.15, 0.2) is 61.1 Å². The first-order valence-corrected chi connectivity index (χ1v) is 6.85. The van der Waals surface area contributed by atoms with Gasteiger partial charge < -0.3 is 8.97 Å². The number of hydrogen-bond acceptors (Lipinski definition) is 1. The summed E-state index contributed by atoms with van der Waals surface area (Å²) in [7, 11) is 0. The molecule has 20 heavy (non-hydrogen) atoms. The molecule has 0 saturated carbocycles. The Morgan fingerprint density at radius 2 is 1.95 bits per heavy atom. The van der Waals surface area contributed by atoms with Crippen molar-refractivity contribution in [3.8, 4) is 0 Å². The zero-order chi connectivity index (χ0) is 13.5. The van der Waals surface area contributed by atoms with E-state index in [0.29, 0.717) is 0 Å². The van der Waals surface area contributed by atoms with E-state index in [9.17, 15) is 0 Å². The minimum absolute atomic E-state index is 0.742. The highest BCUT2D eigenvalue weighted by Gasteiger charge is 2.06. The summed E-state index contributed by atoms with van der Waals surface area (Å²) in [5.74, 6) is 0. The van der Waals surface area contributed by atoms with Crippen molar-refractivity contribution in [2.45, 2.75) is 6.54 Å². The molecule has 1 aromatic carbocycles. The topological polar surface area (TPSA) is 22.2 Å². The van der Waals surface area contributed by atoms with Crippen LogP contribution in [0.25, 0.3) is 16.6 Å². The summed E-state index contributed by atoms with van der Waals surface area (Å²) < 4.78 is 4.21. The molecule has 0 aliphatic carbocycles. The van der Waals surface area contributed by atoms with Crippen molar-refractivity contribution in [2.24, 2.45) is 0 Å². The van der Waals surface area contributed by atoms with Crippen molar-refractivity contribution in [3.05, 3.63) is 71.8 Å². The molecule has 0 amide bonds. The third kappa shape index (κ3) is 1.79. The van der Waals surface area contributed by atoms with Crippen LogP contribution in [0.2, 0.25) is 5.02 Å². The van der Waals surface area contributed by atoms with Gasteiger partial charge in [-0.3, -0.25) is 0 Å². The van der Waals surface area contributed by atoms with Crippen LogP contribution >= 0.6 is 11.6 Å². The number of pyridine rings is 1. The van der Waals surface area contributed by atoms with Crippen LogP contribution in [-0.4, -0.2) is 14.0 Å². The second-order valence-corrected chi connectivity index (χ2v) is 5.22. The quantitative estimate of drug-likeness (QED) is 0.544. The van der Waals surface area contributed by atoms with Gasteiger partial charge >= 0.3 is 0 Å². The third-order valence-electron chi connectivity index (χ3n) is 3.51. The van der Waals surface area contributed by atoms with Crippen molar-refractivity contribution in [2.75, 3.05) is 0 Å². The Morgan fingerprint density at radius 3 is 2.85 bits per heavy atom. The number of halogens is 1. The molecule has 0 saturated heterocycles. The first-order valence-electron chi connectivity index (χ1n) is 6.47. The lowest BCUT2D eigenvalue weighted by atomic mass is 10.2. The highest BCUT2D eigenvalue weighted by molar-refractivity contribution is 6.35. The molecule has 0 radical (unpaired) electrons. The molecule has 3 nitrogen and oxygen atoms in total. The third-order valence-corrected chi connectivity index (χ3v) is 3.84. The number of nitrogens with zero attached hydrogens (tertiary/aromatic N) is 3. The molecular formula is C16H12ClN3. The van der Waals surface area contributed by atoms with E-state index < -0.39 is 0 Å². The Balaban J connectivity index is 1.78. The Bertz CT molecular complexity index is 871. The standard InChI is InChI=1S/C16H12ClN3/c17-14-4-3-5-15-13(14)7-9-19(15)10-12-11-20-8-2-1-6-16(20)18-12/h1-9,11H,10H2. The second kappa shape index (κ2) is 4.39. The van der Waals surface area contributed by atoms with E-state index in [4.69, 9.17) is 11.6 Å². The van der Waals surface area contributed by atoms with Gasteiger partial charge in [0.1, 0.15) is 5.65 Å². The molecule has 4 heteroatoms. The van der Waals surface area contributed by atoms with Crippen LogP contribution < -0.4 is 0 Å². The molecule has 3 heterocycles. The average Bonchev–Trinajstić information content (AvgIpc) is 3.04. The molecule has 0 fully saturated rings. The lowest BCUT2D eigenvalue weighted by molar-refractivity contribution is 0.815. The molecule has 4 rings (SSSR count). The van der Waals surface area contributed by atoms with Crippen LogP contribution in [0.3, 0.4) is 0 Å². The lowest BCUT2D eigenvalue weighted by Crippen LogP contribution is -1.97. The molecule has 0 aliphatic heterocycles. The van der Waals surface area contributed by atoms with Gasteiger partial charge in [0, 0.05) is 34.5 Å². The van der Waals surface area contributed by atoms with Gasteiger partial charge in [0.2, 0.25) is 0 Å². The molecule has 0 N–H and O–H groups in total. The van der Waals surface area contributed by atoms with E-state index in [1.165, 1.54) is 0 Å². The number of aromatic nitrogens is 3. The molecule has 0 atom stereocenters. The van der Waals surface area contributed by atoms with E-state index in [0.717, 1.165) is 33.8 Å². The molecule has 98 valence electrons. The molecule has 3 aromatic heterocycles. The van der Waals surface area contributed by atoms with Crippen molar-refractivity contribution < 1.29 is 0 Å². The van der Waals surface area contributed by atoms with Gasteiger partial charge in [-0.2, -0.15) is 0 Å². The van der Waals surface area contributed by atoms with Crippen LogP contribution in [0.4, 0.5) is 0 Å². The van der Waals surface area contributed by atoms with E-state index in [1.54, 1.807) is 0 Å². The van der Waals surface area contributed by atoms with Crippen molar-refractivity contribution in [3.63, 3.8) is 0 Å². The summed E-state index contributed by atoms with van der Waals surface area (Å²) in [6.07, 6.45) is 6.13. The molecule has 0 spiro atoms. The van der Waals surface area contributed by atoms with E-state index in [-0.39, 0.29) is 0 Å². The first kappa shape index (κ1) is 11.6. The highest BCUT2D eigenvalue weighted by atomic mass is 35.5. The second-order valence-electron chi connectivity index (χ2n) is 4.81. The van der Waals surface area contributed by atoms with Gasteiger partial charge in [0.25, 0.3) is 0 Å². The maximum absolute atomic E-state index is 6.20. The Hall–Kier alpha value is -2.26. The SMILES string of the molecule is Clc1cccc2c1ccn2Cc1cn2ccccc2n1. The highest BCUT2D eigenvalue weighted by Crippen LogP contribution is 2.24. The van der Waals surface area contributed by atoms with Gasteiger partial charge in [-0.05, 0) is 30.3 Å². The maximum Gasteiger partial charge on any atom is 0.137 e.